The Bertz CT molecular complexity index is 745. The second kappa shape index (κ2) is 8.53. The molecule has 8 heteroatoms. The highest BCUT2D eigenvalue weighted by Gasteiger charge is 2.20. The predicted octanol–water partition coefficient (Wildman–Crippen LogP) is 3.07. The molecule has 1 aromatic carbocycles. The van der Waals surface area contributed by atoms with Crippen LogP contribution in [0.5, 0.6) is 5.75 Å². The van der Waals surface area contributed by atoms with E-state index >= 15 is 0 Å². The largest absolute Gasteiger partial charge is 0.482 e. The summed E-state index contributed by atoms with van der Waals surface area (Å²) in [5.74, 6) is -0.112. The van der Waals surface area contributed by atoms with Gasteiger partial charge >= 0.3 is 5.97 Å². The first-order valence-corrected chi connectivity index (χ1v) is 8.17. The lowest BCUT2D eigenvalue weighted by atomic mass is 10.3. The molecule has 0 aliphatic carbocycles. The minimum atomic E-state index is -0.967. The van der Waals surface area contributed by atoms with Crippen molar-refractivity contribution in [3.63, 3.8) is 0 Å². The van der Waals surface area contributed by atoms with Gasteiger partial charge in [0.25, 0.3) is 5.91 Å². The van der Waals surface area contributed by atoms with E-state index in [0.717, 1.165) is 0 Å². The molecule has 0 saturated carbocycles. The van der Waals surface area contributed by atoms with Crippen molar-refractivity contribution in [1.29, 1.82) is 0 Å². The Hall–Kier alpha value is -2.54. The molecule has 0 bridgehead atoms. The molecule has 7 nitrogen and oxygen atoms in total. The number of hydrogen-bond acceptors (Lipinski definition) is 5. The van der Waals surface area contributed by atoms with Gasteiger partial charge in [-0.25, -0.2) is 9.48 Å². The fourth-order valence-corrected chi connectivity index (χ4v) is 2.22. The maximum absolute atomic E-state index is 12.2. The van der Waals surface area contributed by atoms with Crippen LogP contribution in [0.25, 0.3) is 0 Å². The Kier molecular flexibility index (Phi) is 6.41. The summed E-state index contributed by atoms with van der Waals surface area (Å²) in [5, 5.41) is 7.31. The second-order valence-corrected chi connectivity index (χ2v) is 6.06. The quantitative estimate of drug-likeness (QED) is 0.762. The number of carbonyl (C=O) groups is 2. The molecular formula is C17H20ClN3O4. The van der Waals surface area contributed by atoms with Crippen LogP contribution in [0.1, 0.15) is 26.8 Å². The number of ether oxygens (including phenoxy) is 2. The van der Waals surface area contributed by atoms with Gasteiger partial charge in [0.05, 0.1) is 6.20 Å². The smallest absolute Gasteiger partial charge is 0.344 e. The van der Waals surface area contributed by atoms with Crippen LogP contribution in [-0.2, 0) is 14.3 Å². The zero-order chi connectivity index (χ0) is 18.4. The Morgan fingerprint density at radius 3 is 2.72 bits per heavy atom. The van der Waals surface area contributed by atoms with Gasteiger partial charge in [-0.2, -0.15) is 5.10 Å². The molecule has 1 N–H and O–H groups in total. The third-order valence-corrected chi connectivity index (χ3v) is 3.48. The zero-order valence-corrected chi connectivity index (χ0v) is 15.0. The van der Waals surface area contributed by atoms with E-state index < -0.39 is 18.0 Å². The number of hydrogen-bond donors (Lipinski definition) is 1. The molecule has 1 aromatic heterocycles. The van der Waals surface area contributed by atoms with Crippen LogP contribution in [0.4, 0.5) is 5.82 Å². The molecule has 1 heterocycles. The van der Waals surface area contributed by atoms with Gasteiger partial charge in [-0.1, -0.05) is 17.7 Å². The van der Waals surface area contributed by atoms with Crippen LogP contribution >= 0.6 is 11.6 Å². The average Bonchev–Trinajstić information content (AvgIpc) is 3.01. The number of halogens is 1. The fourth-order valence-electron chi connectivity index (χ4n) is 2.04. The van der Waals surface area contributed by atoms with E-state index in [1.54, 1.807) is 41.2 Å². The van der Waals surface area contributed by atoms with E-state index in [4.69, 9.17) is 21.1 Å². The topological polar surface area (TPSA) is 82.5 Å². The molecule has 0 aliphatic rings. The molecule has 134 valence electrons. The third kappa shape index (κ3) is 5.49. The number of carbonyl (C=O) groups excluding carboxylic acids is 2. The van der Waals surface area contributed by atoms with E-state index in [1.807, 2.05) is 13.8 Å². The maximum Gasteiger partial charge on any atom is 0.344 e. The van der Waals surface area contributed by atoms with Gasteiger partial charge in [0.2, 0.25) is 0 Å². The molecule has 0 unspecified atom stereocenters. The molecule has 0 radical (unpaired) electrons. The summed E-state index contributed by atoms with van der Waals surface area (Å²) >= 11 is 5.83. The van der Waals surface area contributed by atoms with Crippen molar-refractivity contribution in [3.8, 4) is 5.75 Å². The number of amides is 1. The number of nitrogens with zero attached hydrogens (tertiary/aromatic N) is 2. The maximum atomic E-state index is 12.2. The summed E-state index contributed by atoms with van der Waals surface area (Å²) in [7, 11) is 0. The molecule has 2 rings (SSSR count). The minimum absolute atomic E-state index is 0.0919. The van der Waals surface area contributed by atoms with Crippen LogP contribution in [0, 0.1) is 0 Å². The molecule has 0 spiro atoms. The van der Waals surface area contributed by atoms with Crippen molar-refractivity contribution in [2.45, 2.75) is 32.9 Å². The molecule has 1 amide bonds. The predicted molar refractivity (Wildman–Crippen MR) is 93.7 cm³/mol. The highest BCUT2D eigenvalue weighted by molar-refractivity contribution is 6.30. The summed E-state index contributed by atoms with van der Waals surface area (Å²) in [6.07, 6.45) is 0.622. The molecular weight excluding hydrogens is 346 g/mol. The number of anilines is 1. The van der Waals surface area contributed by atoms with Crippen molar-refractivity contribution in [3.05, 3.63) is 41.6 Å². The first-order valence-electron chi connectivity index (χ1n) is 7.79. The first kappa shape index (κ1) is 18.8. The molecule has 2 aromatic rings. The monoisotopic (exact) mass is 365 g/mol. The summed E-state index contributed by atoms with van der Waals surface area (Å²) in [5.41, 5.74) is 0. The van der Waals surface area contributed by atoms with Gasteiger partial charge in [0, 0.05) is 17.1 Å². The van der Waals surface area contributed by atoms with Crippen LogP contribution < -0.4 is 10.1 Å². The number of benzene rings is 1. The third-order valence-electron chi connectivity index (χ3n) is 3.24. The SMILES string of the molecule is CC(C)n1nccc1NC(=O)[C@H](C)OC(=O)COc1cccc(Cl)c1. The van der Waals surface area contributed by atoms with E-state index in [1.165, 1.54) is 6.92 Å². The van der Waals surface area contributed by atoms with E-state index in [2.05, 4.69) is 10.4 Å². The highest BCUT2D eigenvalue weighted by atomic mass is 35.5. The lowest BCUT2D eigenvalue weighted by Crippen LogP contribution is -2.32. The van der Waals surface area contributed by atoms with Crippen molar-refractivity contribution in [2.75, 3.05) is 11.9 Å². The highest BCUT2D eigenvalue weighted by Crippen LogP contribution is 2.17. The summed E-state index contributed by atoms with van der Waals surface area (Å²) in [6, 6.07) is 8.42. The molecule has 0 aliphatic heterocycles. The van der Waals surface area contributed by atoms with Crippen molar-refractivity contribution < 1.29 is 19.1 Å². The zero-order valence-electron chi connectivity index (χ0n) is 14.2. The Labute approximate surface area is 150 Å². The normalized spacial score (nSPS) is 11.9. The van der Waals surface area contributed by atoms with Gasteiger partial charge < -0.3 is 14.8 Å². The Morgan fingerprint density at radius 1 is 1.28 bits per heavy atom. The van der Waals surface area contributed by atoms with Crippen LogP contribution in [0.3, 0.4) is 0 Å². The molecule has 0 saturated heterocycles. The molecule has 25 heavy (non-hydrogen) atoms. The summed E-state index contributed by atoms with van der Waals surface area (Å²) in [4.78, 5) is 24.0. The van der Waals surface area contributed by atoms with Crippen LogP contribution in [0.15, 0.2) is 36.5 Å². The lowest BCUT2D eigenvalue weighted by molar-refractivity contribution is -0.155. The van der Waals surface area contributed by atoms with Crippen LogP contribution in [0.2, 0.25) is 5.02 Å². The number of nitrogens with one attached hydrogen (secondary N) is 1. The number of rotatable bonds is 7. The van der Waals surface area contributed by atoms with Gasteiger partial charge in [-0.05, 0) is 39.0 Å². The summed E-state index contributed by atoms with van der Waals surface area (Å²) < 4.78 is 12.0. The number of aromatic nitrogens is 2. The average molecular weight is 366 g/mol. The van der Waals surface area contributed by atoms with Crippen molar-refractivity contribution >= 4 is 29.3 Å². The Balaban J connectivity index is 1.83. The second-order valence-electron chi connectivity index (χ2n) is 5.62. The van der Waals surface area contributed by atoms with Gasteiger partial charge in [-0.3, -0.25) is 4.79 Å². The lowest BCUT2D eigenvalue weighted by Gasteiger charge is -2.16. The minimum Gasteiger partial charge on any atom is -0.482 e. The van der Waals surface area contributed by atoms with Crippen LogP contribution in [-0.4, -0.2) is 34.4 Å². The van der Waals surface area contributed by atoms with Crippen molar-refractivity contribution in [2.24, 2.45) is 0 Å². The van der Waals surface area contributed by atoms with E-state index in [9.17, 15) is 9.59 Å². The fraction of sp³-hybridized carbons (Fsp3) is 0.353. The molecule has 1 atom stereocenters. The number of esters is 1. The van der Waals surface area contributed by atoms with Crippen molar-refractivity contribution in [1.82, 2.24) is 9.78 Å². The van der Waals surface area contributed by atoms with Gasteiger partial charge in [-0.15, -0.1) is 0 Å². The Morgan fingerprint density at radius 2 is 2.04 bits per heavy atom. The van der Waals surface area contributed by atoms with Gasteiger partial charge in [0.1, 0.15) is 11.6 Å². The standard InChI is InChI=1S/C17H20ClN3O4/c1-11(2)21-15(7-8-19-21)20-17(23)12(3)25-16(22)10-24-14-6-4-5-13(18)9-14/h4-9,11-12H,10H2,1-3H3,(H,20,23)/t12-/m0/s1. The van der Waals surface area contributed by atoms with E-state index in [-0.39, 0.29) is 12.6 Å². The van der Waals surface area contributed by atoms with Gasteiger partial charge in [0.15, 0.2) is 12.7 Å². The first-order chi connectivity index (χ1) is 11.9. The summed E-state index contributed by atoms with van der Waals surface area (Å²) in [6.45, 7) is 5.06. The molecule has 0 fully saturated rings. The van der Waals surface area contributed by atoms with E-state index in [0.29, 0.717) is 16.6 Å².